The third-order valence-corrected chi connectivity index (χ3v) is 2.95. The maximum Gasteiger partial charge on any atom is 0.119 e. The molecule has 2 aromatic rings. The molecule has 0 radical (unpaired) electrons. The molecule has 3 nitrogen and oxygen atoms in total. The molecule has 0 bridgehead atoms. The van der Waals surface area contributed by atoms with E-state index in [0.717, 1.165) is 16.9 Å². The number of benzene rings is 2. The van der Waals surface area contributed by atoms with E-state index >= 15 is 0 Å². The monoisotopic (exact) mass is 275 g/mol. The van der Waals surface area contributed by atoms with Crippen LogP contribution >= 0.6 is 11.6 Å². The lowest BCUT2D eigenvalue weighted by Crippen LogP contribution is -1.97. The van der Waals surface area contributed by atoms with Crippen molar-refractivity contribution in [2.24, 2.45) is 5.16 Å². The molecule has 0 aromatic heterocycles. The summed E-state index contributed by atoms with van der Waals surface area (Å²) in [6, 6.07) is 14.9. The van der Waals surface area contributed by atoms with Gasteiger partial charge in [0, 0.05) is 5.02 Å². The van der Waals surface area contributed by atoms with Gasteiger partial charge in [0.05, 0.1) is 5.71 Å². The van der Waals surface area contributed by atoms with Crippen LogP contribution in [0.25, 0.3) is 0 Å². The summed E-state index contributed by atoms with van der Waals surface area (Å²) in [7, 11) is 0. The Bertz CT molecular complexity index is 579. The molecular weight excluding hydrogens is 262 g/mol. The van der Waals surface area contributed by atoms with Gasteiger partial charge in [-0.15, -0.1) is 0 Å². The van der Waals surface area contributed by atoms with Crippen LogP contribution in [-0.4, -0.2) is 10.9 Å². The first-order valence-electron chi connectivity index (χ1n) is 5.85. The van der Waals surface area contributed by atoms with Crippen molar-refractivity contribution in [3.8, 4) is 5.75 Å². The number of hydrogen-bond donors (Lipinski definition) is 1. The molecule has 1 N–H and O–H groups in total. The second-order valence-electron chi connectivity index (χ2n) is 4.13. The quantitative estimate of drug-likeness (QED) is 0.518. The Morgan fingerprint density at radius 1 is 1.21 bits per heavy atom. The molecule has 19 heavy (non-hydrogen) atoms. The van der Waals surface area contributed by atoms with Gasteiger partial charge in [-0.25, -0.2) is 0 Å². The third-order valence-electron chi connectivity index (χ3n) is 2.72. The van der Waals surface area contributed by atoms with Crippen LogP contribution in [0.15, 0.2) is 53.7 Å². The van der Waals surface area contributed by atoms with Gasteiger partial charge >= 0.3 is 0 Å². The first-order chi connectivity index (χ1) is 9.19. The normalized spacial score (nSPS) is 11.4. The lowest BCUT2D eigenvalue weighted by Gasteiger charge is -2.07. The van der Waals surface area contributed by atoms with Gasteiger partial charge in [0.2, 0.25) is 0 Å². The Balaban J connectivity index is 2.00. The van der Waals surface area contributed by atoms with E-state index in [1.807, 2.05) is 48.5 Å². The molecule has 0 fully saturated rings. The van der Waals surface area contributed by atoms with Gasteiger partial charge in [-0.2, -0.15) is 0 Å². The van der Waals surface area contributed by atoms with Gasteiger partial charge < -0.3 is 9.94 Å². The standard InChI is InChI=1S/C15H14ClNO2/c1-11(17-18)13-5-7-15(8-6-13)19-10-12-3-2-4-14(16)9-12/h2-9,18H,10H2,1H3/b17-11+. The van der Waals surface area contributed by atoms with Crippen LogP contribution in [0.2, 0.25) is 5.02 Å². The molecule has 0 aliphatic rings. The summed E-state index contributed by atoms with van der Waals surface area (Å²) in [6.07, 6.45) is 0. The molecule has 0 aliphatic heterocycles. The van der Waals surface area contributed by atoms with Crippen molar-refractivity contribution in [2.75, 3.05) is 0 Å². The molecular formula is C15H14ClNO2. The van der Waals surface area contributed by atoms with E-state index in [2.05, 4.69) is 5.16 Å². The minimum absolute atomic E-state index is 0.465. The molecule has 0 spiro atoms. The number of hydrogen-bond acceptors (Lipinski definition) is 3. The Morgan fingerprint density at radius 2 is 1.95 bits per heavy atom. The maximum absolute atomic E-state index is 8.68. The van der Waals surface area contributed by atoms with Crippen molar-refractivity contribution in [2.45, 2.75) is 13.5 Å². The van der Waals surface area contributed by atoms with E-state index in [4.69, 9.17) is 21.5 Å². The summed E-state index contributed by atoms with van der Waals surface area (Å²) in [5.74, 6) is 0.759. The molecule has 0 amide bonds. The molecule has 2 rings (SSSR count). The predicted octanol–water partition coefficient (Wildman–Crippen LogP) is 4.12. The molecule has 0 unspecified atom stereocenters. The van der Waals surface area contributed by atoms with Crippen LogP contribution in [0.1, 0.15) is 18.1 Å². The fourth-order valence-electron chi connectivity index (χ4n) is 1.64. The zero-order valence-corrected chi connectivity index (χ0v) is 11.3. The van der Waals surface area contributed by atoms with Crippen molar-refractivity contribution in [3.05, 3.63) is 64.7 Å². The Kier molecular flexibility index (Phi) is 4.42. The lowest BCUT2D eigenvalue weighted by molar-refractivity contribution is 0.306. The highest BCUT2D eigenvalue weighted by Gasteiger charge is 2.00. The Labute approximate surface area is 117 Å². The molecule has 2 aromatic carbocycles. The average molecular weight is 276 g/mol. The molecule has 4 heteroatoms. The number of ether oxygens (including phenoxy) is 1. The second kappa shape index (κ2) is 6.25. The van der Waals surface area contributed by atoms with Gasteiger partial charge in [-0.05, 0) is 54.4 Å². The first-order valence-corrected chi connectivity index (χ1v) is 6.23. The first kappa shape index (κ1) is 13.4. The fraction of sp³-hybridized carbons (Fsp3) is 0.133. The summed E-state index contributed by atoms with van der Waals surface area (Å²) >= 11 is 5.91. The van der Waals surface area contributed by atoms with E-state index in [-0.39, 0.29) is 0 Å². The molecule has 0 heterocycles. The highest BCUT2D eigenvalue weighted by Crippen LogP contribution is 2.16. The van der Waals surface area contributed by atoms with Crippen molar-refractivity contribution in [3.63, 3.8) is 0 Å². The van der Waals surface area contributed by atoms with Gasteiger partial charge in [-0.1, -0.05) is 28.9 Å². The summed E-state index contributed by atoms with van der Waals surface area (Å²) in [4.78, 5) is 0. The summed E-state index contributed by atoms with van der Waals surface area (Å²) in [6.45, 7) is 2.20. The summed E-state index contributed by atoms with van der Waals surface area (Å²) in [5, 5.41) is 12.5. The van der Waals surface area contributed by atoms with Crippen LogP contribution in [0.5, 0.6) is 5.75 Å². The average Bonchev–Trinajstić information content (AvgIpc) is 2.45. The highest BCUT2D eigenvalue weighted by molar-refractivity contribution is 6.30. The zero-order valence-electron chi connectivity index (χ0n) is 10.5. The van der Waals surface area contributed by atoms with Crippen LogP contribution in [0.4, 0.5) is 0 Å². The number of nitrogens with zero attached hydrogens (tertiary/aromatic N) is 1. The molecule has 0 saturated carbocycles. The van der Waals surface area contributed by atoms with E-state index in [1.54, 1.807) is 6.92 Å². The highest BCUT2D eigenvalue weighted by atomic mass is 35.5. The van der Waals surface area contributed by atoms with Gasteiger partial charge in [-0.3, -0.25) is 0 Å². The number of oxime groups is 1. The second-order valence-corrected chi connectivity index (χ2v) is 4.56. The van der Waals surface area contributed by atoms with E-state index < -0.39 is 0 Å². The fourth-order valence-corrected chi connectivity index (χ4v) is 1.86. The smallest absolute Gasteiger partial charge is 0.119 e. The molecule has 0 aliphatic carbocycles. The lowest BCUT2D eigenvalue weighted by atomic mass is 10.1. The number of rotatable bonds is 4. The summed E-state index contributed by atoms with van der Waals surface area (Å²) in [5.41, 5.74) is 2.45. The van der Waals surface area contributed by atoms with Crippen LogP contribution in [0, 0.1) is 0 Å². The van der Waals surface area contributed by atoms with Crippen LogP contribution < -0.4 is 4.74 Å². The van der Waals surface area contributed by atoms with Gasteiger partial charge in [0.15, 0.2) is 0 Å². The largest absolute Gasteiger partial charge is 0.489 e. The van der Waals surface area contributed by atoms with Crippen molar-refractivity contribution in [1.82, 2.24) is 0 Å². The maximum atomic E-state index is 8.68. The van der Waals surface area contributed by atoms with Crippen LogP contribution in [0.3, 0.4) is 0 Å². The van der Waals surface area contributed by atoms with Gasteiger partial charge in [0.1, 0.15) is 12.4 Å². The van der Waals surface area contributed by atoms with Crippen molar-refractivity contribution in [1.29, 1.82) is 0 Å². The van der Waals surface area contributed by atoms with E-state index in [0.29, 0.717) is 17.3 Å². The topological polar surface area (TPSA) is 41.8 Å². The SMILES string of the molecule is C/C(=N\O)c1ccc(OCc2cccc(Cl)c2)cc1. The van der Waals surface area contributed by atoms with Crippen molar-refractivity contribution >= 4 is 17.3 Å². The van der Waals surface area contributed by atoms with E-state index in [9.17, 15) is 0 Å². The van der Waals surface area contributed by atoms with Crippen LogP contribution in [-0.2, 0) is 6.61 Å². The number of halogens is 1. The third kappa shape index (κ3) is 3.73. The minimum atomic E-state index is 0.465. The van der Waals surface area contributed by atoms with Crippen molar-refractivity contribution < 1.29 is 9.94 Å². The molecule has 0 atom stereocenters. The Morgan fingerprint density at radius 3 is 2.58 bits per heavy atom. The summed E-state index contributed by atoms with van der Waals surface area (Å²) < 4.78 is 5.65. The minimum Gasteiger partial charge on any atom is -0.489 e. The molecule has 0 saturated heterocycles. The molecule has 98 valence electrons. The zero-order chi connectivity index (χ0) is 13.7. The Hall–Kier alpha value is -2.00. The van der Waals surface area contributed by atoms with E-state index in [1.165, 1.54) is 0 Å². The predicted molar refractivity (Wildman–Crippen MR) is 76.2 cm³/mol. The van der Waals surface area contributed by atoms with Gasteiger partial charge in [0.25, 0.3) is 0 Å².